The Morgan fingerprint density at radius 3 is 2.44 bits per heavy atom. The molecule has 1 atom stereocenters. The molecule has 0 aliphatic rings. The summed E-state index contributed by atoms with van der Waals surface area (Å²) in [5.74, 6) is 0.721. The van der Waals surface area contributed by atoms with Crippen LogP contribution in [0.15, 0.2) is 24.3 Å². The van der Waals surface area contributed by atoms with Gasteiger partial charge in [-0.3, -0.25) is 0 Å². The average Bonchev–Trinajstić information content (AvgIpc) is 2.37. The van der Waals surface area contributed by atoms with Gasteiger partial charge < -0.3 is 19.8 Å². The van der Waals surface area contributed by atoms with Gasteiger partial charge in [0, 0.05) is 0 Å². The summed E-state index contributed by atoms with van der Waals surface area (Å²) in [6, 6.07) is 7.87. The van der Waals surface area contributed by atoms with E-state index in [2.05, 4.69) is 19.0 Å². The first-order chi connectivity index (χ1) is 8.61. The Hall–Kier alpha value is -1.10. The van der Waals surface area contributed by atoms with E-state index in [1.165, 1.54) is 5.56 Å². The van der Waals surface area contributed by atoms with Crippen molar-refractivity contribution in [2.24, 2.45) is 0 Å². The van der Waals surface area contributed by atoms with Gasteiger partial charge >= 0.3 is 0 Å². The highest BCUT2D eigenvalue weighted by Gasteiger charge is 2.03. The largest absolute Gasteiger partial charge is 0.491 e. The first-order valence-corrected chi connectivity index (χ1v) is 6.27. The second-order valence-electron chi connectivity index (χ2n) is 4.70. The number of ether oxygens (including phenoxy) is 1. The van der Waals surface area contributed by atoms with E-state index >= 15 is 0 Å². The highest BCUT2D eigenvalue weighted by Crippen LogP contribution is 2.13. The lowest BCUT2D eigenvalue weighted by atomic mass is 10.1. The molecule has 0 amide bonds. The van der Waals surface area contributed by atoms with Crippen molar-refractivity contribution >= 4 is 0 Å². The molecule has 0 fully saturated rings. The van der Waals surface area contributed by atoms with Crippen LogP contribution in [0.3, 0.4) is 0 Å². The van der Waals surface area contributed by atoms with Crippen molar-refractivity contribution in [3.63, 3.8) is 0 Å². The van der Waals surface area contributed by atoms with Crippen molar-refractivity contribution in [2.45, 2.75) is 18.9 Å². The van der Waals surface area contributed by atoms with Crippen LogP contribution in [-0.4, -0.2) is 55.1 Å². The van der Waals surface area contributed by atoms with Crippen LogP contribution in [0.2, 0.25) is 0 Å². The van der Waals surface area contributed by atoms with Gasteiger partial charge in [-0.15, -0.1) is 0 Å². The number of hydrogen-bond acceptors (Lipinski definition) is 4. The van der Waals surface area contributed by atoms with Crippen LogP contribution in [0.4, 0.5) is 0 Å². The molecular formula is C14H23NO3. The number of nitrogens with zero attached hydrogens (tertiary/aromatic N) is 1. The molecule has 1 aromatic carbocycles. The molecule has 0 aliphatic carbocycles. The Balaban J connectivity index is 2.33. The van der Waals surface area contributed by atoms with E-state index in [4.69, 9.17) is 14.9 Å². The van der Waals surface area contributed by atoms with E-state index in [1.807, 2.05) is 24.3 Å². The Kier molecular flexibility index (Phi) is 6.72. The second-order valence-corrected chi connectivity index (χ2v) is 4.70. The molecule has 4 heteroatoms. The molecule has 0 bridgehead atoms. The lowest BCUT2D eigenvalue weighted by Gasteiger charge is -2.11. The van der Waals surface area contributed by atoms with Crippen molar-refractivity contribution in [2.75, 3.05) is 33.9 Å². The standard InChI is InChI=1S/C14H23NO3/c1-15(2)9-3-4-12-5-7-14(8-6-12)18-11-13(17)10-16/h5-8,13,16-17H,3-4,9-11H2,1-2H3. The first kappa shape index (κ1) is 15.0. The number of rotatable bonds is 8. The summed E-state index contributed by atoms with van der Waals surface area (Å²) in [5, 5.41) is 17.8. The zero-order valence-corrected chi connectivity index (χ0v) is 11.2. The Bertz CT molecular complexity index is 324. The molecule has 0 heterocycles. The molecule has 0 spiro atoms. The monoisotopic (exact) mass is 253 g/mol. The van der Waals surface area contributed by atoms with Gasteiger partial charge in [0.1, 0.15) is 18.5 Å². The highest BCUT2D eigenvalue weighted by atomic mass is 16.5. The Morgan fingerprint density at radius 1 is 1.22 bits per heavy atom. The quantitative estimate of drug-likeness (QED) is 0.723. The zero-order valence-electron chi connectivity index (χ0n) is 11.2. The van der Waals surface area contributed by atoms with Gasteiger partial charge in [0.25, 0.3) is 0 Å². The van der Waals surface area contributed by atoms with E-state index < -0.39 is 6.10 Å². The smallest absolute Gasteiger partial charge is 0.119 e. The van der Waals surface area contributed by atoms with Crippen LogP contribution in [0.25, 0.3) is 0 Å². The molecule has 0 aliphatic heterocycles. The lowest BCUT2D eigenvalue weighted by Crippen LogP contribution is -2.21. The topological polar surface area (TPSA) is 52.9 Å². The molecular weight excluding hydrogens is 230 g/mol. The molecule has 0 radical (unpaired) electrons. The van der Waals surface area contributed by atoms with Crippen molar-refractivity contribution in [3.05, 3.63) is 29.8 Å². The summed E-state index contributed by atoms with van der Waals surface area (Å²) in [7, 11) is 4.15. The van der Waals surface area contributed by atoms with Crippen molar-refractivity contribution in [1.82, 2.24) is 4.90 Å². The molecule has 0 saturated carbocycles. The predicted molar refractivity (Wildman–Crippen MR) is 71.9 cm³/mol. The molecule has 1 unspecified atom stereocenters. The fraction of sp³-hybridized carbons (Fsp3) is 0.571. The summed E-state index contributed by atoms with van der Waals surface area (Å²) in [6.07, 6.45) is 1.37. The third-order valence-electron chi connectivity index (χ3n) is 2.65. The number of aliphatic hydroxyl groups excluding tert-OH is 2. The van der Waals surface area contributed by atoms with E-state index in [0.717, 1.165) is 25.1 Å². The van der Waals surface area contributed by atoms with E-state index in [0.29, 0.717) is 0 Å². The average molecular weight is 253 g/mol. The second kappa shape index (κ2) is 8.08. The maximum atomic E-state index is 9.16. The molecule has 4 nitrogen and oxygen atoms in total. The Morgan fingerprint density at radius 2 is 1.89 bits per heavy atom. The number of hydrogen-bond donors (Lipinski definition) is 2. The van der Waals surface area contributed by atoms with Crippen LogP contribution in [0.5, 0.6) is 5.75 Å². The fourth-order valence-electron chi connectivity index (χ4n) is 1.60. The van der Waals surface area contributed by atoms with Gasteiger partial charge in [-0.25, -0.2) is 0 Å². The van der Waals surface area contributed by atoms with Crippen molar-refractivity contribution in [3.8, 4) is 5.75 Å². The first-order valence-electron chi connectivity index (χ1n) is 6.27. The van der Waals surface area contributed by atoms with Crippen LogP contribution < -0.4 is 4.74 Å². The van der Waals surface area contributed by atoms with Crippen LogP contribution in [0.1, 0.15) is 12.0 Å². The number of aliphatic hydroxyl groups is 2. The minimum absolute atomic E-state index is 0.122. The van der Waals surface area contributed by atoms with Gasteiger partial charge in [-0.2, -0.15) is 0 Å². The predicted octanol–water partition coefficient (Wildman–Crippen LogP) is 0.913. The molecule has 2 N–H and O–H groups in total. The van der Waals surface area contributed by atoms with Crippen LogP contribution in [-0.2, 0) is 6.42 Å². The summed E-state index contributed by atoms with van der Waals surface area (Å²) in [5.41, 5.74) is 1.28. The normalized spacial score (nSPS) is 12.7. The third kappa shape index (κ3) is 6.00. The van der Waals surface area contributed by atoms with Crippen LogP contribution >= 0.6 is 0 Å². The van der Waals surface area contributed by atoms with Gasteiger partial charge in [0.05, 0.1) is 6.61 Å². The highest BCUT2D eigenvalue weighted by molar-refractivity contribution is 5.27. The van der Waals surface area contributed by atoms with Crippen molar-refractivity contribution < 1.29 is 14.9 Å². The SMILES string of the molecule is CN(C)CCCc1ccc(OCC(O)CO)cc1. The third-order valence-corrected chi connectivity index (χ3v) is 2.65. The van der Waals surface area contributed by atoms with Gasteiger partial charge in [-0.1, -0.05) is 12.1 Å². The summed E-state index contributed by atoms with van der Waals surface area (Å²) in [6.45, 7) is 0.931. The molecule has 0 aromatic heterocycles. The minimum atomic E-state index is -0.815. The van der Waals surface area contributed by atoms with E-state index in [-0.39, 0.29) is 13.2 Å². The summed E-state index contributed by atoms with van der Waals surface area (Å²) in [4.78, 5) is 2.17. The maximum absolute atomic E-state index is 9.16. The maximum Gasteiger partial charge on any atom is 0.119 e. The molecule has 18 heavy (non-hydrogen) atoms. The van der Waals surface area contributed by atoms with Gasteiger partial charge in [-0.05, 0) is 51.2 Å². The van der Waals surface area contributed by atoms with Crippen molar-refractivity contribution in [1.29, 1.82) is 0 Å². The number of benzene rings is 1. The number of aryl methyl sites for hydroxylation is 1. The zero-order chi connectivity index (χ0) is 13.4. The summed E-state index contributed by atoms with van der Waals surface area (Å²) < 4.78 is 5.34. The minimum Gasteiger partial charge on any atom is -0.491 e. The van der Waals surface area contributed by atoms with E-state index in [9.17, 15) is 0 Å². The molecule has 1 rings (SSSR count). The summed E-state index contributed by atoms with van der Waals surface area (Å²) >= 11 is 0. The molecule has 102 valence electrons. The van der Waals surface area contributed by atoms with Crippen LogP contribution in [0, 0.1) is 0 Å². The van der Waals surface area contributed by atoms with E-state index in [1.54, 1.807) is 0 Å². The van der Waals surface area contributed by atoms with Gasteiger partial charge in [0.15, 0.2) is 0 Å². The van der Waals surface area contributed by atoms with Gasteiger partial charge in [0.2, 0.25) is 0 Å². The molecule has 0 saturated heterocycles. The lowest BCUT2D eigenvalue weighted by molar-refractivity contribution is 0.0536. The molecule has 1 aromatic rings. The Labute approximate surface area is 109 Å². The fourth-order valence-corrected chi connectivity index (χ4v) is 1.60.